The van der Waals surface area contributed by atoms with E-state index < -0.39 is 17.7 Å². The number of halogens is 3. The van der Waals surface area contributed by atoms with Crippen LogP contribution in [-0.4, -0.2) is 18.4 Å². The highest BCUT2D eigenvalue weighted by Gasteiger charge is 2.30. The van der Waals surface area contributed by atoms with Crippen LogP contribution >= 0.6 is 0 Å². The molecule has 1 nitrogen and oxygen atoms in total. The second kappa shape index (κ2) is 4.31. The van der Waals surface area contributed by atoms with E-state index in [0.717, 1.165) is 6.92 Å². The van der Waals surface area contributed by atoms with Crippen LogP contribution in [0.2, 0.25) is 0 Å². The lowest BCUT2D eigenvalue weighted by Gasteiger charge is -2.21. The number of rotatable bonds is 5. The maximum atomic E-state index is 12.7. The summed E-state index contributed by atoms with van der Waals surface area (Å²) in [6.07, 6.45) is 0.164. The molecule has 0 rings (SSSR count). The van der Waals surface area contributed by atoms with Crippen LogP contribution in [0.3, 0.4) is 0 Å². The molecule has 0 saturated carbocycles. The van der Waals surface area contributed by atoms with E-state index in [0.29, 0.717) is 0 Å². The van der Waals surface area contributed by atoms with E-state index in [1.165, 1.54) is 20.8 Å². The van der Waals surface area contributed by atoms with Crippen molar-refractivity contribution in [1.29, 1.82) is 0 Å². The minimum Gasteiger partial charge on any atom is -0.346 e. The van der Waals surface area contributed by atoms with Crippen LogP contribution in [-0.2, 0) is 4.74 Å². The van der Waals surface area contributed by atoms with Crippen LogP contribution in [0.4, 0.5) is 13.2 Å². The summed E-state index contributed by atoms with van der Waals surface area (Å²) in [4.78, 5) is 0. The Morgan fingerprint density at radius 3 is 1.92 bits per heavy atom. The average Bonchev–Trinajstić information content (AvgIpc) is 1.82. The normalized spacial score (nSPS) is 15.9. The van der Waals surface area contributed by atoms with Gasteiger partial charge in [0.15, 0.2) is 0 Å². The molecule has 4 heteroatoms. The summed E-state index contributed by atoms with van der Waals surface area (Å²) < 4.78 is 42.6. The summed E-state index contributed by atoms with van der Waals surface area (Å²) in [5.41, 5.74) is 0. The third-order valence-electron chi connectivity index (χ3n) is 1.86. The Bertz CT molecular complexity index is 146. The topological polar surface area (TPSA) is 9.23 Å². The molecule has 0 aliphatic rings. The Kier molecular flexibility index (Phi) is 4.23. The van der Waals surface area contributed by atoms with Gasteiger partial charge in [0.25, 0.3) is 0 Å². The molecule has 0 aromatic rings. The molecular weight excluding hydrogens is 181 g/mol. The minimum absolute atomic E-state index is 0.0219. The van der Waals surface area contributed by atoms with Gasteiger partial charge in [0.1, 0.15) is 0 Å². The summed E-state index contributed by atoms with van der Waals surface area (Å²) in [7, 11) is 0. The maximum absolute atomic E-state index is 12.7. The van der Waals surface area contributed by atoms with E-state index in [1.54, 1.807) is 0 Å². The highest BCUT2D eigenvalue weighted by atomic mass is 19.3. The lowest BCUT2D eigenvalue weighted by molar-refractivity contribution is -0.128. The van der Waals surface area contributed by atoms with Gasteiger partial charge in [0.2, 0.25) is 11.8 Å². The quantitative estimate of drug-likeness (QED) is 0.658. The summed E-state index contributed by atoms with van der Waals surface area (Å²) >= 11 is 0. The molecule has 0 bridgehead atoms. The molecule has 0 aliphatic heterocycles. The first-order valence-electron chi connectivity index (χ1n) is 4.33. The Morgan fingerprint density at radius 2 is 1.62 bits per heavy atom. The van der Waals surface area contributed by atoms with Gasteiger partial charge in [-0.1, -0.05) is 6.92 Å². The van der Waals surface area contributed by atoms with Crippen LogP contribution in [0, 0.1) is 5.92 Å². The van der Waals surface area contributed by atoms with Crippen LogP contribution in [0.1, 0.15) is 34.1 Å². The lowest BCUT2D eigenvalue weighted by atomic mass is 10.0. The second-order valence-electron chi connectivity index (χ2n) is 3.86. The Balaban J connectivity index is 3.67. The molecule has 1 atom stereocenters. The smallest absolute Gasteiger partial charge is 0.248 e. The van der Waals surface area contributed by atoms with Crippen molar-refractivity contribution in [3.63, 3.8) is 0 Å². The fourth-order valence-corrected chi connectivity index (χ4v) is 0.732. The van der Waals surface area contributed by atoms with Crippen molar-refractivity contribution in [2.75, 3.05) is 6.61 Å². The molecule has 0 heterocycles. The van der Waals surface area contributed by atoms with Gasteiger partial charge in [-0.3, -0.25) is 0 Å². The van der Waals surface area contributed by atoms with Crippen molar-refractivity contribution in [1.82, 2.24) is 0 Å². The molecule has 0 aromatic heterocycles. The molecule has 0 fully saturated rings. The van der Waals surface area contributed by atoms with Crippen molar-refractivity contribution in [2.24, 2.45) is 5.92 Å². The molecule has 0 saturated heterocycles. The van der Waals surface area contributed by atoms with Crippen LogP contribution in [0.25, 0.3) is 0 Å². The van der Waals surface area contributed by atoms with Crippen molar-refractivity contribution < 1.29 is 17.9 Å². The van der Waals surface area contributed by atoms with Gasteiger partial charge < -0.3 is 4.74 Å². The molecule has 13 heavy (non-hydrogen) atoms. The van der Waals surface area contributed by atoms with E-state index in [9.17, 15) is 13.2 Å². The fourth-order valence-electron chi connectivity index (χ4n) is 0.732. The van der Waals surface area contributed by atoms with Crippen molar-refractivity contribution in [2.45, 2.75) is 45.9 Å². The Labute approximate surface area is 77.3 Å². The van der Waals surface area contributed by atoms with Gasteiger partial charge in [0, 0.05) is 5.92 Å². The lowest BCUT2D eigenvalue weighted by Crippen LogP contribution is -2.25. The first-order valence-corrected chi connectivity index (χ1v) is 4.33. The van der Waals surface area contributed by atoms with Gasteiger partial charge in [-0.05, 0) is 27.2 Å². The van der Waals surface area contributed by atoms with Gasteiger partial charge in [-0.25, -0.2) is 13.2 Å². The van der Waals surface area contributed by atoms with E-state index in [4.69, 9.17) is 4.74 Å². The first kappa shape index (κ1) is 12.8. The molecule has 0 aromatic carbocycles. The third kappa shape index (κ3) is 6.87. The number of hydrogen-bond donors (Lipinski definition) is 0. The highest BCUT2D eigenvalue weighted by molar-refractivity contribution is 4.67. The highest BCUT2D eigenvalue weighted by Crippen LogP contribution is 2.26. The number of hydrogen-bond acceptors (Lipinski definition) is 1. The fraction of sp³-hybridized carbons (Fsp3) is 1.00. The molecule has 1 unspecified atom stereocenters. The Hall–Kier alpha value is -0.250. The molecule has 0 aliphatic carbocycles. The van der Waals surface area contributed by atoms with Crippen molar-refractivity contribution in [3.8, 4) is 0 Å². The summed E-state index contributed by atoms with van der Waals surface area (Å²) in [5.74, 6) is -5.23. The second-order valence-corrected chi connectivity index (χ2v) is 3.86. The minimum atomic E-state index is -2.72. The van der Waals surface area contributed by atoms with Gasteiger partial charge in [0.05, 0.1) is 6.61 Å². The third-order valence-corrected chi connectivity index (χ3v) is 1.86. The van der Waals surface area contributed by atoms with Gasteiger partial charge in [-0.15, -0.1) is 0 Å². The predicted molar refractivity (Wildman–Crippen MR) is 45.5 cm³/mol. The molecule has 0 radical (unpaired) electrons. The van der Waals surface area contributed by atoms with Crippen LogP contribution in [0.15, 0.2) is 0 Å². The van der Waals surface area contributed by atoms with Gasteiger partial charge >= 0.3 is 0 Å². The van der Waals surface area contributed by atoms with E-state index in [1.807, 2.05) is 0 Å². The van der Waals surface area contributed by atoms with Gasteiger partial charge in [-0.2, -0.15) is 0 Å². The SMILES string of the molecule is CC(CCOC(C)(C)F)C(C)(F)F. The molecule has 0 N–H and O–H groups in total. The van der Waals surface area contributed by atoms with Crippen molar-refractivity contribution in [3.05, 3.63) is 0 Å². The Morgan fingerprint density at radius 1 is 1.15 bits per heavy atom. The molecular formula is C9H17F3O. The summed E-state index contributed by atoms with van der Waals surface area (Å²) in [6, 6.07) is 0. The van der Waals surface area contributed by atoms with Crippen LogP contribution in [0.5, 0.6) is 0 Å². The standard InChI is InChI=1S/C9H17F3O/c1-7(9(4,11)12)5-6-13-8(2,3)10/h7H,5-6H2,1-4H3. The zero-order valence-corrected chi connectivity index (χ0v) is 8.53. The monoisotopic (exact) mass is 198 g/mol. The van der Waals surface area contributed by atoms with Crippen LogP contribution < -0.4 is 0 Å². The van der Waals surface area contributed by atoms with E-state index in [-0.39, 0.29) is 13.0 Å². The number of alkyl halides is 3. The summed E-state index contributed by atoms with van der Waals surface area (Å²) in [6.45, 7) is 4.81. The van der Waals surface area contributed by atoms with E-state index >= 15 is 0 Å². The predicted octanol–water partition coefficient (Wildman–Crippen LogP) is 3.39. The van der Waals surface area contributed by atoms with E-state index in [2.05, 4.69) is 0 Å². The average molecular weight is 198 g/mol. The van der Waals surface area contributed by atoms with Crippen molar-refractivity contribution >= 4 is 0 Å². The zero-order chi connectivity index (χ0) is 10.7. The maximum Gasteiger partial charge on any atom is 0.248 e. The number of ether oxygens (including phenoxy) is 1. The first-order chi connectivity index (χ1) is 5.63. The summed E-state index contributed by atoms with van der Waals surface area (Å²) in [5, 5.41) is 0. The largest absolute Gasteiger partial charge is 0.346 e. The molecule has 0 amide bonds. The zero-order valence-electron chi connectivity index (χ0n) is 8.53. The molecule has 0 spiro atoms. The molecule has 80 valence electrons.